The minimum atomic E-state index is -0.172. The number of oxazole rings is 1. The van der Waals surface area contributed by atoms with Crippen LogP contribution in [-0.2, 0) is 0 Å². The highest BCUT2D eigenvalue weighted by atomic mass is 35.5. The van der Waals surface area contributed by atoms with Crippen LogP contribution in [0.15, 0.2) is 65.1 Å². The molecule has 4 aromatic rings. The second kappa shape index (κ2) is 6.89. The molecule has 0 spiro atoms. The number of aryl methyl sites for hydroxylation is 2. The van der Waals surface area contributed by atoms with Crippen LogP contribution in [0, 0.1) is 13.8 Å². The Kier molecular flexibility index (Phi) is 4.42. The molecule has 0 fully saturated rings. The van der Waals surface area contributed by atoms with E-state index in [0.29, 0.717) is 33.3 Å². The maximum atomic E-state index is 12.6. The van der Waals surface area contributed by atoms with E-state index in [1.54, 1.807) is 24.3 Å². The summed E-state index contributed by atoms with van der Waals surface area (Å²) in [6, 6.07) is 18.5. The summed E-state index contributed by atoms with van der Waals surface area (Å²) in [5.74, 6) is 0.252. The van der Waals surface area contributed by atoms with Crippen molar-refractivity contribution >= 4 is 34.3 Å². The number of hydrogen-bond acceptors (Lipinski definition) is 3. The Morgan fingerprint density at radius 2 is 1.85 bits per heavy atom. The van der Waals surface area contributed by atoms with Gasteiger partial charge in [-0.3, -0.25) is 4.79 Å². The van der Waals surface area contributed by atoms with Gasteiger partial charge in [-0.05, 0) is 61.4 Å². The van der Waals surface area contributed by atoms with E-state index in [1.165, 1.54) is 0 Å². The Balaban J connectivity index is 1.68. The van der Waals surface area contributed by atoms with Crippen LogP contribution in [0.5, 0.6) is 0 Å². The quantitative estimate of drug-likeness (QED) is 0.475. The summed E-state index contributed by atoms with van der Waals surface area (Å²) in [7, 11) is 0. The molecule has 4 rings (SSSR count). The van der Waals surface area contributed by atoms with E-state index in [4.69, 9.17) is 16.0 Å². The molecule has 0 aliphatic carbocycles. The molecule has 27 heavy (non-hydrogen) atoms. The summed E-state index contributed by atoms with van der Waals surface area (Å²) in [4.78, 5) is 17.1. The molecule has 1 amide bonds. The molecule has 0 bridgehead atoms. The third-order valence-electron chi connectivity index (χ3n) is 4.39. The lowest BCUT2D eigenvalue weighted by molar-refractivity contribution is 0.102. The zero-order chi connectivity index (χ0) is 19.0. The van der Waals surface area contributed by atoms with Crippen LogP contribution in [0.25, 0.3) is 22.6 Å². The summed E-state index contributed by atoms with van der Waals surface area (Å²) in [5, 5.41) is 3.42. The highest BCUT2D eigenvalue weighted by Gasteiger charge is 2.14. The molecule has 0 aliphatic heterocycles. The molecule has 3 aromatic carbocycles. The first kappa shape index (κ1) is 17.3. The van der Waals surface area contributed by atoms with Crippen molar-refractivity contribution < 1.29 is 9.21 Å². The van der Waals surface area contributed by atoms with Crippen LogP contribution in [0.1, 0.15) is 21.5 Å². The summed E-state index contributed by atoms with van der Waals surface area (Å²) >= 11 is 6.36. The number of carbonyl (C=O) groups is 1. The molecule has 0 saturated heterocycles. The number of nitrogens with one attached hydrogen (secondary N) is 1. The number of fused-ring (bicyclic) bond motifs is 1. The van der Waals surface area contributed by atoms with E-state index in [-0.39, 0.29) is 5.91 Å². The maximum Gasteiger partial charge on any atom is 0.255 e. The van der Waals surface area contributed by atoms with Gasteiger partial charge in [-0.1, -0.05) is 35.9 Å². The number of nitrogens with zero attached hydrogens (tertiary/aromatic N) is 1. The van der Waals surface area contributed by atoms with Crippen LogP contribution in [0.2, 0.25) is 5.02 Å². The first-order valence-corrected chi connectivity index (χ1v) is 8.93. The SMILES string of the molecule is Cc1ccc2oc(-c3cc(NC(=O)c4ccccc4C)ccc3Cl)nc2c1. The number of benzene rings is 3. The fraction of sp³-hybridized carbons (Fsp3) is 0.0909. The number of hydrogen-bond donors (Lipinski definition) is 1. The van der Waals surface area contributed by atoms with Crippen molar-refractivity contribution in [2.24, 2.45) is 0 Å². The van der Waals surface area contributed by atoms with Crippen LogP contribution < -0.4 is 5.32 Å². The summed E-state index contributed by atoms with van der Waals surface area (Å²) in [6.07, 6.45) is 0. The molecule has 1 aromatic heterocycles. The Morgan fingerprint density at radius 3 is 2.67 bits per heavy atom. The molecule has 134 valence electrons. The molecule has 1 N–H and O–H groups in total. The smallest absolute Gasteiger partial charge is 0.255 e. The van der Waals surface area contributed by atoms with Crippen molar-refractivity contribution in [3.05, 3.63) is 82.4 Å². The molecule has 0 saturated carbocycles. The van der Waals surface area contributed by atoms with Gasteiger partial charge in [-0.15, -0.1) is 0 Å². The topological polar surface area (TPSA) is 55.1 Å². The maximum absolute atomic E-state index is 12.6. The van der Waals surface area contributed by atoms with Crippen molar-refractivity contribution in [3.63, 3.8) is 0 Å². The molecule has 0 radical (unpaired) electrons. The van der Waals surface area contributed by atoms with E-state index in [9.17, 15) is 4.79 Å². The summed E-state index contributed by atoms with van der Waals surface area (Å²) in [5.41, 5.74) is 5.38. The van der Waals surface area contributed by atoms with E-state index in [0.717, 1.165) is 16.6 Å². The van der Waals surface area contributed by atoms with Crippen molar-refractivity contribution in [1.82, 2.24) is 4.98 Å². The Labute approximate surface area is 161 Å². The van der Waals surface area contributed by atoms with Gasteiger partial charge < -0.3 is 9.73 Å². The second-order valence-electron chi connectivity index (χ2n) is 6.45. The highest BCUT2D eigenvalue weighted by Crippen LogP contribution is 2.32. The van der Waals surface area contributed by atoms with Crippen LogP contribution in [0.3, 0.4) is 0 Å². The number of amides is 1. The molecule has 1 heterocycles. The molecular weight excluding hydrogens is 360 g/mol. The summed E-state index contributed by atoms with van der Waals surface area (Å²) < 4.78 is 5.85. The van der Waals surface area contributed by atoms with Crippen molar-refractivity contribution in [1.29, 1.82) is 0 Å². The Morgan fingerprint density at radius 1 is 1.04 bits per heavy atom. The predicted molar refractivity (Wildman–Crippen MR) is 108 cm³/mol. The number of rotatable bonds is 3. The second-order valence-corrected chi connectivity index (χ2v) is 6.86. The zero-order valence-electron chi connectivity index (χ0n) is 14.9. The Hall–Kier alpha value is -3.11. The van der Waals surface area contributed by atoms with E-state index < -0.39 is 0 Å². The lowest BCUT2D eigenvalue weighted by Gasteiger charge is -2.09. The number of anilines is 1. The molecule has 0 atom stereocenters. The number of halogens is 1. The van der Waals surface area contributed by atoms with Crippen LogP contribution >= 0.6 is 11.6 Å². The average Bonchev–Trinajstić information content (AvgIpc) is 3.06. The normalized spacial score (nSPS) is 10.9. The standard InChI is InChI=1S/C22H17ClN2O2/c1-13-7-10-20-19(11-13)25-22(27-20)17-12-15(8-9-18(17)23)24-21(26)16-6-4-3-5-14(16)2/h3-12H,1-2H3,(H,24,26). The van der Waals surface area contributed by atoms with E-state index in [2.05, 4.69) is 10.3 Å². The zero-order valence-corrected chi connectivity index (χ0v) is 15.7. The molecular formula is C22H17ClN2O2. The highest BCUT2D eigenvalue weighted by molar-refractivity contribution is 6.33. The van der Waals surface area contributed by atoms with Gasteiger partial charge in [-0.25, -0.2) is 4.98 Å². The van der Waals surface area contributed by atoms with Crippen molar-refractivity contribution in [3.8, 4) is 11.5 Å². The third kappa shape index (κ3) is 3.44. The van der Waals surface area contributed by atoms with Gasteiger partial charge in [0.2, 0.25) is 5.89 Å². The van der Waals surface area contributed by atoms with Gasteiger partial charge in [-0.2, -0.15) is 0 Å². The molecule has 0 aliphatic rings. The average molecular weight is 377 g/mol. The number of carbonyl (C=O) groups excluding carboxylic acids is 1. The minimum Gasteiger partial charge on any atom is -0.436 e. The van der Waals surface area contributed by atoms with Crippen molar-refractivity contribution in [2.45, 2.75) is 13.8 Å². The fourth-order valence-electron chi connectivity index (χ4n) is 2.95. The van der Waals surface area contributed by atoms with Crippen molar-refractivity contribution in [2.75, 3.05) is 5.32 Å². The molecule has 0 unspecified atom stereocenters. The first-order valence-electron chi connectivity index (χ1n) is 8.55. The molecule has 4 nitrogen and oxygen atoms in total. The van der Waals surface area contributed by atoms with Crippen LogP contribution in [-0.4, -0.2) is 10.9 Å². The summed E-state index contributed by atoms with van der Waals surface area (Å²) in [6.45, 7) is 3.91. The number of aromatic nitrogens is 1. The van der Waals surface area contributed by atoms with Gasteiger partial charge in [0.15, 0.2) is 5.58 Å². The molecule has 5 heteroatoms. The van der Waals surface area contributed by atoms with Gasteiger partial charge in [0.25, 0.3) is 5.91 Å². The van der Waals surface area contributed by atoms with Gasteiger partial charge in [0.05, 0.1) is 10.6 Å². The van der Waals surface area contributed by atoms with E-state index in [1.807, 2.05) is 50.2 Å². The minimum absolute atomic E-state index is 0.172. The van der Waals surface area contributed by atoms with Gasteiger partial charge in [0, 0.05) is 11.3 Å². The van der Waals surface area contributed by atoms with Gasteiger partial charge >= 0.3 is 0 Å². The van der Waals surface area contributed by atoms with Crippen LogP contribution in [0.4, 0.5) is 5.69 Å². The first-order chi connectivity index (χ1) is 13.0. The fourth-order valence-corrected chi connectivity index (χ4v) is 3.14. The van der Waals surface area contributed by atoms with E-state index >= 15 is 0 Å². The Bertz CT molecular complexity index is 1160. The third-order valence-corrected chi connectivity index (χ3v) is 4.72. The van der Waals surface area contributed by atoms with Gasteiger partial charge in [0.1, 0.15) is 5.52 Å². The lowest BCUT2D eigenvalue weighted by Crippen LogP contribution is -2.13. The predicted octanol–water partition coefficient (Wildman–Crippen LogP) is 6.02. The largest absolute Gasteiger partial charge is 0.436 e. The lowest BCUT2D eigenvalue weighted by atomic mass is 10.1. The monoisotopic (exact) mass is 376 g/mol.